The highest BCUT2D eigenvalue weighted by Crippen LogP contribution is 2.30. The number of methoxy groups -OCH3 is 1. The third kappa shape index (κ3) is 5.48. The molecular formula is C11H18F2N2O4. The van der Waals surface area contributed by atoms with Crippen molar-refractivity contribution >= 4 is 11.9 Å². The summed E-state index contributed by atoms with van der Waals surface area (Å²) in [6.07, 6.45) is -1.22. The first-order valence-electron chi connectivity index (χ1n) is 6.01. The van der Waals surface area contributed by atoms with Gasteiger partial charge < -0.3 is 20.1 Å². The normalized spacial score (nSPS) is 21.2. The summed E-state index contributed by atoms with van der Waals surface area (Å²) >= 11 is 0. The summed E-state index contributed by atoms with van der Waals surface area (Å²) in [6.45, 7) is 1.32. The van der Waals surface area contributed by atoms with Gasteiger partial charge in [-0.15, -0.1) is 0 Å². The van der Waals surface area contributed by atoms with Gasteiger partial charge in [-0.05, 0) is 0 Å². The fourth-order valence-electron chi connectivity index (χ4n) is 1.61. The predicted octanol–water partition coefficient (Wildman–Crippen LogP) is -0.320. The Morgan fingerprint density at radius 2 is 2.26 bits per heavy atom. The van der Waals surface area contributed by atoms with Crippen LogP contribution >= 0.6 is 0 Å². The number of halogens is 2. The monoisotopic (exact) mass is 280 g/mol. The van der Waals surface area contributed by atoms with Crippen molar-refractivity contribution in [2.45, 2.75) is 24.9 Å². The number of ether oxygens (including phenoxy) is 2. The lowest BCUT2D eigenvalue weighted by atomic mass is 10.2. The summed E-state index contributed by atoms with van der Waals surface area (Å²) in [6, 6.07) is 0. The van der Waals surface area contributed by atoms with E-state index in [4.69, 9.17) is 4.74 Å². The van der Waals surface area contributed by atoms with Crippen molar-refractivity contribution in [3.05, 3.63) is 0 Å². The van der Waals surface area contributed by atoms with Crippen LogP contribution in [0.3, 0.4) is 0 Å². The van der Waals surface area contributed by atoms with E-state index in [1.54, 1.807) is 0 Å². The Bertz CT molecular complexity index is 326. The van der Waals surface area contributed by atoms with E-state index in [2.05, 4.69) is 15.4 Å². The number of nitrogens with one attached hydrogen (secondary N) is 2. The molecule has 1 rings (SSSR count). The predicted molar refractivity (Wildman–Crippen MR) is 61.8 cm³/mol. The summed E-state index contributed by atoms with van der Waals surface area (Å²) < 4.78 is 34.9. The number of rotatable bonds is 8. The van der Waals surface area contributed by atoms with Crippen LogP contribution in [0.5, 0.6) is 0 Å². The summed E-state index contributed by atoms with van der Waals surface area (Å²) in [5, 5.41) is 5.43. The second-order valence-electron chi connectivity index (χ2n) is 4.23. The van der Waals surface area contributed by atoms with Gasteiger partial charge in [-0.1, -0.05) is 0 Å². The van der Waals surface area contributed by atoms with Crippen LogP contribution in [-0.4, -0.2) is 57.3 Å². The SMILES string of the molecule is COCCNC(=O)CCNCC1CC(F)(F)C(=O)O1. The number of hydrogen-bond donors (Lipinski definition) is 2. The quantitative estimate of drug-likeness (QED) is 0.471. The molecule has 0 aliphatic carbocycles. The maximum Gasteiger partial charge on any atom is 0.377 e. The zero-order valence-electron chi connectivity index (χ0n) is 10.7. The van der Waals surface area contributed by atoms with E-state index >= 15 is 0 Å². The second kappa shape index (κ2) is 7.34. The van der Waals surface area contributed by atoms with Gasteiger partial charge in [0.15, 0.2) is 0 Å². The summed E-state index contributed by atoms with van der Waals surface area (Å²) in [4.78, 5) is 22.0. The van der Waals surface area contributed by atoms with Crippen molar-refractivity contribution < 1.29 is 27.8 Å². The molecule has 19 heavy (non-hydrogen) atoms. The van der Waals surface area contributed by atoms with Crippen molar-refractivity contribution in [3.8, 4) is 0 Å². The molecule has 1 heterocycles. The van der Waals surface area contributed by atoms with Crippen LogP contribution in [-0.2, 0) is 19.1 Å². The first-order valence-corrected chi connectivity index (χ1v) is 6.01. The highest BCUT2D eigenvalue weighted by atomic mass is 19.3. The third-order valence-corrected chi connectivity index (χ3v) is 2.59. The van der Waals surface area contributed by atoms with Crippen molar-refractivity contribution in [2.24, 2.45) is 0 Å². The third-order valence-electron chi connectivity index (χ3n) is 2.59. The van der Waals surface area contributed by atoms with E-state index in [0.717, 1.165) is 0 Å². The highest BCUT2D eigenvalue weighted by molar-refractivity contribution is 5.79. The lowest BCUT2D eigenvalue weighted by Crippen LogP contribution is -2.33. The van der Waals surface area contributed by atoms with Crippen LogP contribution in [0.4, 0.5) is 8.78 Å². The minimum Gasteiger partial charge on any atom is -0.456 e. The number of esters is 1. The standard InChI is InChI=1S/C11H18F2N2O4/c1-18-5-4-15-9(16)2-3-14-7-8-6-11(12,13)10(17)19-8/h8,14H,2-7H2,1H3,(H,15,16). The van der Waals surface area contributed by atoms with Gasteiger partial charge in [-0.3, -0.25) is 4.79 Å². The van der Waals surface area contributed by atoms with Crippen LogP contribution < -0.4 is 10.6 Å². The molecule has 0 bridgehead atoms. The topological polar surface area (TPSA) is 76.7 Å². The Hall–Kier alpha value is -1.28. The average molecular weight is 280 g/mol. The summed E-state index contributed by atoms with van der Waals surface area (Å²) in [7, 11) is 1.53. The molecule has 1 fully saturated rings. The zero-order valence-corrected chi connectivity index (χ0v) is 10.7. The second-order valence-corrected chi connectivity index (χ2v) is 4.23. The van der Waals surface area contributed by atoms with Gasteiger partial charge in [0.25, 0.3) is 0 Å². The molecule has 1 aliphatic rings. The molecule has 0 spiro atoms. The van der Waals surface area contributed by atoms with Crippen molar-refractivity contribution in [1.29, 1.82) is 0 Å². The van der Waals surface area contributed by atoms with Gasteiger partial charge in [-0.25, -0.2) is 4.79 Å². The molecule has 0 aromatic rings. The van der Waals surface area contributed by atoms with Gasteiger partial charge in [0, 0.05) is 33.2 Å². The van der Waals surface area contributed by atoms with E-state index in [-0.39, 0.29) is 18.9 Å². The molecule has 0 saturated carbocycles. The molecule has 1 atom stereocenters. The van der Waals surface area contributed by atoms with Gasteiger partial charge in [0.1, 0.15) is 6.10 Å². The Balaban J connectivity index is 2.06. The van der Waals surface area contributed by atoms with Crippen molar-refractivity contribution in [1.82, 2.24) is 10.6 Å². The number of alkyl halides is 2. The number of amides is 1. The minimum absolute atomic E-state index is 0.118. The Morgan fingerprint density at radius 1 is 1.53 bits per heavy atom. The number of hydrogen-bond acceptors (Lipinski definition) is 5. The molecule has 0 aromatic carbocycles. The van der Waals surface area contributed by atoms with Crippen molar-refractivity contribution in [2.75, 3.05) is 33.4 Å². The maximum absolute atomic E-state index is 12.8. The number of carbonyl (C=O) groups excluding carboxylic acids is 2. The van der Waals surface area contributed by atoms with Crippen molar-refractivity contribution in [3.63, 3.8) is 0 Å². The first kappa shape index (κ1) is 15.8. The maximum atomic E-state index is 12.8. The van der Waals surface area contributed by atoms with E-state index in [9.17, 15) is 18.4 Å². The van der Waals surface area contributed by atoms with E-state index in [1.165, 1.54) is 7.11 Å². The average Bonchev–Trinajstić information content (AvgIpc) is 2.59. The lowest BCUT2D eigenvalue weighted by molar-refractivity contribution is -0.159. The molecule has 1 aliphatic heterocycles. The molecule has 6 nitrogen and oxygen atoms in total. The van der Waals surface area contributed by atoms with Crippen LogP contribution in [0.1, 0.15) is 12.8 Å². The highest BCUT2D eigenvalue weighted by Gasteiger charge is 2.50. The first-order chi connectivity index (χ1) is 8.95. The minimum atomic E-state index is -3.39. The Kier molecular flexibility index (Phi) is 6.10. The van der Waals surface area contributed by atoms with Crippen LogP contribution in [0, 0.1) is 0 Å². The molecular weight excluding hydrogens is 262 g/mol. The molecule has 0 radical (unpaired) electrons. The molecule has 2 N–H and O–H groups in total. The van der Waals surface area contributed by atoms with E-state index in [1.807, 2.05) is 0 Å². The van der Waals surface area contributed by atoms with E-state index < -0.39 is 24.4 Å². The zero-order chi connectivity index (χ0) is 14.3. The fraction of sp³-hybridized carbons (Fsp3) is 0.818. The fourth-order valence-corrected chi connectivity index (χ4v) is 1.61. The molecule has 1 saturated heterocycles. The number of carbonyl (C=O) groups is 2. The Morgan fingerprint density at radius 3 is 2.84 bits per heavy atom. The molecule has 1 amide bonds. The molecule has 0 aromatic heterocycles. The van der Waals surface area contributed by atoms with Gasteiger partial charge in [-0.2, -0.15) is 8.78 Å². The van der Waals surface area contributed by atoms with Crippen LogP contribution in [0.25, 0.3) is 0 Å². The van der Waals surface area contributed by atoms with Crippen LogP contribution in [0.2, 0.25) is 0 Å². The lowest BCUT2D eigenvalue weighted by Gasteiger charge is -2.10. The molecule has 1 unspecified atom stereocenters. The number of cyclic esters (lactones) is 1. The van der Waals surface area contributed by atoms with Gasteiger partial charge >= 0.3 is 11.9 Å². The summed E-state index contributed by atoms with van der Waals surface area (Å²) in [5.41, 5.74) is 0. The van der Waals surface area contributed by atoms with Gasteiger partial charge in [0.05, 0.1) is 13.0 Å². The van der Waals surface area contributed by atoms with Gasteiger partial charge in [0.2, 0.25) is 5.91 Å². The Labute approximate surface area is 109 Å². The van der Waals surface area contributed by atoms with Crippen LogP contribution in [0.15, 0.2) is 0 Å². The molecule has 110 valence electrons. The largest absolute Gasteiger partial charge is 0.456 e. The molecule has 8 heteroatoms. The summed E-state index contributed by atoms with van der Waals surface area (Å²) in [5.74, 6) is -5.01. The smallest absolute Gasteiger partial charge is 0.377 e. The van der Waals surface area contributed by atoms with E-state index in [0.29, 0.717) is 19.7 Å².